The van der Waals surface area contributed by atoms with Gasteiger partial charge in [-0.2, -0.15) is 5.10 Å². The van der Waals surface area contributed by atoms with E-state index in [0.29, 0.717) is 12.1 Å². The Kier molecular flexibility index (Phi) is 4.86. The van der Waals surface area contributed by atoms with Gasteiger partial charge in [0, 0.05) is 37.9 Å². The Balaban J connectivity index is 2.09. The number of nitrogens with zero attached hydrogens (tertiary/aromatic N) is 3. The fourth-order valence-electron chi connectivity index (χ4n) is 2.95. The highest BCUT2D eigenvalue weighted by molar-refractivity contribution is 5.44. The largest absolute Gasteiger partial charge is 0.363 e. The van der Waals surface area contributed by atoms with Gasteiger partial charge in [0.15, 0.2) is 0 Å². The van der Waals surface area contributed by atoms with E-state index in [-0.39, 0.29) is 0 Å². The predicted octanol–water partition coefficient (Wildman–Crippen LogP) is 2.51. The first kappa shape index (κ1) is 14.4. The summed E-state index contributed by atoms with van der Waals surface area (Å²) in [7, 11) is 0. The van der Waals surface area contributed by atoms with E-state index in [0.717, 1.165) is 25.6 Å². The number of aromatic nitrogens is 2. The molecule has 0 aliphatic carbocycles. The molecule has 1 fully saturated rings. The lowest BCUT2D eigenvalue weighted by molar-refractivity contribution is 0.343. The minimum Gasteiger partial charge on any atom is -0.363 e. The molecular weight excluding hydrogens is 236 g/mol. The molecule has 0 saturated carbocycles. The molecule has 1 aliphatic rings. The van der Waals surface area contributed by atoms with Crippen LogP contribution < -0.4 is 10.2 Å². The van der Waals surface area contributed by atoms with Crippen molar-refractivity contribution in [3.05, 3.63) is 12.4 Å². The van der Waals surface area contributed by atoms with Crippen LogP contribution in [0.1, 0.15) is 40.5 Å². The molecular formula is C15H28N4. The molecule has 2 rings (SSSR count). The summed E-state index contributed by atoms with van der Waals surface area (Å²) in [5.74, 6) is 0.746. The van der Waals surface area contributed by atoms with Gasteiger partial charge in [0.25, 0.3) is 0 Å². The van der Waals surface area contributed by atoms with E-state index in [1.165, 1.54) is 18.5 Å². The van der Waals surface area contributed by atoms with Crippen molar-refractivity contribution in [1.82, 2.24) is 15.1 Å². The van der Waals surface area contributed by atoms with Crippen LogP contribution in [-0.4, -0.2) is 35.0 Å². The average molecular weight is 264 g/mol. The van der Waals surface area contributed by atoms with Crippen molar-refractivity contribution >= 4 is 5.69 Å². The summed E-state index contributed by atoms with van der Waals surface area (Å²) in [6.45, 7) is 12.1. The fraction of sp³-hybridized carbons (Fsp3) is 0.800. The van der Waals surface area contributed by atoms with Gasteiger partial charge in [-0.25, -0.2) is 0 Å². The lowest BCUT2D eigenvalue weighted by Crippen LogP contribution is -2.56. The third kappa shape index (κ3) is 3.50. The normalized spacial score (nSPS) is 24.2. The van der Waals surface area contributed by atoms with Crippen LogP contribution in [0.5, 0.6) is 0 Å². The molecule has 4 heteroatoms. The van der Waals surface area contributed by atoms with Crippen LogP contribution in [0, 0.1) is 5.92 Å². The van der Waals surface area contributed by atoms with Gasteiger partial charge < -0.3 is 10.2 Å². The van der Waals surface area contributed by atoms with E-state index in [2.05, 4.69) is 49.2 Å². The molecule has 0 bridgehead atoms. The number of hydrogen-bond donors (Lipinski definition) is 1. The van der Waals surface area contributed by atoms with Crippen molar-refractivity contribution in [2.75, 3.05) is 18.0 Å². The molecule has 0 amide bonds. The van der Waals surface area contributed by atoms with Crippen LogP contribution in [0.3, 0.4) is 0 Å². The van der Waals surface area contributed by atoms with Crippen LogP contribution in [-0.2, 0) is 6.54 Å². The van der Waals surface area contributed by atoms with E-state index in [1.54, 1.807) is 0 Å². The Labute approximate surface area is 117 Å². The van der Waals surface area contributed by atoms with Gasteiger partial charge in [-0.3, -0.25) is 4.68 Å². The second-order valence-corrected chi connectivity index (χ2v) is 6.00. The van der Waals surface area contributed by atoms with Crippen molar-refractivity contribution in [2.24, 2.45) is 5.92 Å². The first-order chi connectivity index (χ1) is 9.13. The highest BCUT2D eigenvalue weighted by atomic mass is 15.3. The Morgan fingerprint density at radius 2 is 2.21 bits per heavy atom. The first-order valence-corrected chi connectivity index (χ1v) is 7.66. The highest BCUT2D eigenvalue weighted by Gasteiger charge is 2.27. The molecule has 4 nitrogen and oxygen atoms in total. The zero-order valence-corrected chi connectivity index (χ0v) is 12.8. The summed E-state index contributed by atoms with van der Waals surface area (Å²) < 4.78 is 2.02. The van der Waals surface area contributed by atoms with Gasteiger partial charge in [-0.1, -0.05) is 20.8 Å². The van der Waals surface area contributed by atoms with Crippen molar-refractivity contribution in [3.63, 3.8) is 0 Å². The topological polar surface area (TPSA) is 33.1 Å². The predicted molar refractivity (Wildman–Crippen MR) is 80.6 cm³/mol. The van der Waals surface area contributed by atoms with Gasteiger partial charge in [-0.05, 0) is 25.7 Å². The van der Waals surface area contributed by atoms with E-state index < -0.39 is 0 Å². The maximum absolute atomic E-state index is 4.42. The van der Waals surface area contributed by atoms with Gasteiger partial charge in [0.05, 0.1) is 11.9 Å². The number of piperazine rings is 1. The molecule has 1 aromatic heterocycles. The Morgan fingerprint density at radius 3 is 2.79 bits per heavy atom. The molecule has 19 heavy (non-hydrogen) atoms. The van der Waals surface area contributed by atoms with Gasteiger partial charge in [0.1, 0.15) is 0 Å². The lowest BCUT2D eigenvalue weighted by Gasteiger charge is -2.41. The maximum Gasteiger partial charge on any atom is 0.0755 e. The summed E-state index contributed by atoms with van der Waals surface area (Å²) in [5.41, 5.74) is 1.28. The Bertz CT molecular complexity index is 385. The van der Waals surface area contributed by atoms with Crippen LogP contribution in [0.2, 0.25) is 0 Å². The lowest BCUT2D eigenvalue weighted by atomic mass is 9.99. The zero-order valence-electron chi connectivity index (χ0n) is 12.8. The van der Waals surface area contributed by atoms with E-state index in [1.807, 2.05) is 10.9 Å². The molecule has 2 heterocycles. The van der Waals surface area contributed by atoms with E-state index in [9.17, 15) is 0 Å². The number of hydrogen-bond acceptors (Lipinski definition) is 3. The van der Waals surface area contributed by atoms with Crippen molar-refractivity contribution in [1.29, 1.82) is 0 Å². The summed E-state index contributed by atoms with van der Waals surface area (Å²) >= 11 is 0. The molecule has 2 unspecified atom stereocenters. The van der Waals surface area contributed by atoms with E-state index in [4.69, 9.17) is 0 Å². The third-order valence-corrected chi connectivity index (χ3v) is 4.00. The number of aryl methyl sites for hydroxylation is 1. The monoisotopic (exact) mass is 264 g/mol. The molecule has 1 saturated heterocycles. The quantitative estimate of drug-likeness (QED) is 0.887. The van der Waals surface area contributed by atoms with Crippen molar-refractivity contribution < 1.29 is 0 Å². The van der Waals surface area contributed by atoms with Crippen LogP contribution >= 0.6 is 0 Å². The molecule has 108 valence electrons. The number of anilines is 1. The van der Waals surface area contributed by atoms with Gasteiger partial charge in [-0.15, -0.1) is 0 Å². The van der Waals surface area contributed by atoms with Crippen LogP contribution in [0.4, 0.5) is 5.69 Å². The number of rotatable bonds is 5. The number of nitrogens with one attached hydrogen (secondary N) is 1. The molecule has 0 radical (unpaired) electrons. The molecule has 1 aromatic rings. The first-order valence-electron chi connectivity index (χ1n) is 7.66. The van der Waals surface area contributed by atoms with Crippen molar-refractivity contribution in [2.45, 2.75) is 59.2 Å². The van der Waals surface area contributed by atoms with Crippen LogP contribution in [0.25, 0.3) is 0 Å². The van der Waals surface area contributed by atoms with Crippen LogP contribution in [0.15, 0.2) is 12.4 Å². The Hall–Kier alpha value is -1.03. The second-order valence-electron chi connectivity index (χ2n) is 6.00. The molecule has 1 N–H and O–H groups in total. The summed E-state index contributed by atoms with van der Waals surface area (Å²) in [4.78, 5) is 2.54. The minimum atomic E-state index is 0.595. The SMILES string of the molecule is CCC1CNC(CC(C)C)CN1c1cnn(CC)c1. The fourth-order valence-corrected chi connectivity index (χ4v) is 2.95. The Morgan fingerprint density at radius 1 is 1.42 bits per heavy atom. The third-order valence-electron chi connectivity index (χ3n) is 4.00. The maximum atomic E-state index is 4.42. The van der Waals surface area contributed by atoms with Gasteiger partial charge >= 0.3 is 0 Å². The summed E-state index contributed by atoms with van der Waals surface area (Å²) in [6.07, 6.45) is 6.62. The summed E-state index contributed by atoms with van der Waals surface area (Å²) in [5, 5.41) is 8.12. The molecule has 2 atom stereocenters. The average Bonchev–Trinajstić information content (AvgIpc) is 2.86. The summed E-state index contributed by atoms with van der Waals surface area (Å²) in [6, 6.07) is 1.20. The van der Waals surface area contributed by atoms with Gasteiger partial charge in [0.2, 0.25) is 0 Å². The molecule has 0 spiro atoms. The molecule has 1 aliphatic heterocycles. The van der Waals surface area contributed by atoms with Crippen molar-refractivity contribution in [3.8, 4) is 0 Å². The smallest absolute Gasteiger partial charge is 0.0755 e. The molecule has 0 aromatic carbocycles. The second kappa shape index (κ2) is 6.42. The minimum absolute atomic E-state index is 0.595. The zero-order chi connectivity index (χ0) is 13.8. The highest BCUT2D eigenvalue weighted by Crippen LogP contribution is 2.22. The van der Waals surface area contributed by atoms with E-state index >= 15 is 0 Å². The standard InChI is InChI=1S/C15H28N4/c1-5-14-8-16-13(7-12(3)4)10-19(14)15-9-17-18(6-2)11-15/h9,11-14,16H,5-8,10H2,1-4H3.